The van der Waals surface area contributed by atoms with Crippen LogP contribution < -0.4 is 0 Å². The quantitative estimate of drug-likeness (QED) is 0.454. The molecule has 0 unspecified atom stereocenters. The van der Waals surface area contributed by atoms with Gasteiger partial charge in [0, 0.05) is 4.86 Å². The average molecular weight is 212 g/mol. The van der Waals surface area contributed by atoms with Crippen LogP contribution in [0.2, 0.25) is 0 Å². The second kappa shape index (κ2) is 4.12. The molecule has 0 atom stereocenters. The minimum Gasteiger partial charge on any atom is -0.131 e. The summed E-state index contributed by atoms with van der Waals surface area (Å²) in [5.41, 5.74) is 1.99. The fourth-order valence-electron chi connectivity index (χ4n) is 0.871. The van der Waals surface area contributed by atoms with Crippen molar-refractivity contribution in [1.29, 1.82) is 0 Å². The molecular weight excluding hydrogens is 204 g/mol. The molecule has 0 heterocycles. The van der Waals surface area contributed by atoms with Crippen molar-refractivity contribution in [3.05, 3.63) is 35.4 Å². The molecule has 0 amide bonds. The van der Waals surface area contributed by atoms with Crippen LogP contribution in [0.5, 0.6) is 0 Å². The minimum atomic E-state index is 0.605. The van der Waals surface area contributed by atoms with Gasteiger partial charge in [0.25, 0.3) is 0 Å². The maximum atomic E-state index is 5.04. The fraction of sp³-hybridized carbons (Fsp3) is 0.111. The normalized spacial score (nSPS) is 9.50. The van der Waals surface area contributed by atoms with Gasteiger partial charge in [-0.15, -0.1) is 12.6 Å². The topological polar surface area (TPSA) is 0 Å². The molecule has 0 saturated heterocycles. The number of benzene rings is 1. The fourth-order valence-corrected chi connectivity index (χ4v) is 1.26. The van der Waals surface area contributed by atoms with Crippen LogP contribution in [0, 0.1) is 0 Å². The molecule has 0 aliphatic rings. The lowest BCUT2D eigenvalue weighted by Gasteiger charge is -2.00. The molecule has 0 fully saturated rings. The van der Waals surface area contributed by atoms with E-state index in [0.29, 0.717) is 4.20 Å². The Morgan fingerprint density at radius 3 is 2.33 bits per heavy atom. The Hall–Kier alpha value is -0.250. The maximum Gasteiger partial charge on any atom is 0.0748 e. The zero-order chi connectivity index (χ0) is 9.14. The minimum absolute atomic E-state index is 0.605. The lowest BCUT2D eigenvalue weighted by molar-refractivity contribution is 1.63. The lowest BCUT2D eigenvalue weighted by atomic mass is 10.1. The Morgan fingerprint density at radius 2 is 1.83 bits per heavy atom. The summed E-state index contributed by atoms with van der Waals surface area (Å²) in [6.45, 7) is 1.90. The molecule has 62 valence electrons. The first-order valence-electron chi connectivity index (χ1n) is 3.45. The largest absolute Gasteiger partial charge is 0.131 e. The van der Waals surface area contributed by atoms with Crippen molar-refractivity contribution < 1.29 is 0 Å². The van der Waals surface area contributed by atoms with Crippen molar-refractivity contribution in [2.75, 3.05) is 0 Å². The predicted molar refractivity (Wildman–Crippen MR) is 64.5 cm³/mol. The van der Waals surface area contributed by atoms with Gasteiger partial charge in [-0.3, -0.25) is 0 Å². The summed E-state index contributed by atoms with van der Waals surface area (Å²) < 4.78 is 0.605. The second-order valence-electron chi connectivity index (χ2n) is 2.44. The molecule has 0 saturated carbocycles. The highest BCUT2D eigenvalue weighted by atomic mass is 32.1. The summed E-state index contributed by atoms with van der Waals surface area (Å²) in [7, 11) is 0. The first kappa shape index (κ1) is 9.84. The van der Waals surface area contributed by atoms with Crippen molar-refractivity contribution in [2.45, 2.75) is 6.92 Å². The summed E-state index contributed by atoms with van der Waals surface area (Å²) >= 11 is 14.1. The van der Waals surface area contributed by atoms with Crippen LogP contribution in [0.25, 0.3) is 0 Å². The summed E-state index contributed by atoms with van der Waals surface area (Å²) in [5, 5.41) is 0. The van der Waals surface area contributed by atoms with Gasteiger partial charge in [0.05, 0.1) is 4.20 Å². The Labute approximate surface area is 88.4 Å². The SMILES string of the molecule is CC(=S)c1cccc(C(=S)S)c1. The molecular formula is C9H8S3. The van der Waals surface area contributed by atoms with E-state index in [1.165, 1.54) is 0 Å². The van der Waals surface area contributed by atoms with Crippen molar-refractivity contribution in [2.24, 2.45) is 0 Å². The van der Waals surface area contributed by atoms with Gasteiger partial charge in [-0.25, -0.2) is 0 Å². The molecule has 0 aliphatic heterocycles. The van der Waals surface area contributed by atoms with E-state index in [1.54, 1.807) is 0 Å². The number of thiocarbonyl (C=S) groups is 2. The zero-order valence-electron chi connectivity index (χ0n) is 6.57. The van der Waals surface area contributed by atoms with E-state index in [1.807, 2.05) is 31.2 Å². The smallest absolute Gasteiger partial charge is 0.0748 e. The Balaban J connectivity index is 3.12. The molecule has 0 aliphatic carbocycles. The third-order valence-corrected chi connectivity index (χ3v) is 2.25. The van der Waals surface area contributed by atoms with Crippen LogP contribution in [0.4, 0.5) is 0 Å². The predicted octanol–water partition coefficient (Wildman–Crippen LogP) is 3.03. The van der Waals surface area contributed by atoms with Gasteiger partial charge in [0.15, 0.2) is 0 Å². The van der Waals surface area contributed by atoms with E-state index in [-0.39, 0.29) is 0 Å². The summed E-state index contributed by atoms with van der Waals surface area (Å²) in [6.07, 6.45) is 0. The van der Waals surface area contributed by atoms with Gasteiger partial charge in [0.1, 0.15) is 0 Å². The van der Waals surface area contributed by atoms with Gasteiger partial charge in [-0.2, -0.15) is 0 Å². The van der Waals surface area contributed by atoms with Crippen LogP contribution in [0.15, 0.2) is 24.3 Å². The van der Waals surface area contributed by atoms with Gasteiger partial charge in [-0.1, -0.05) is 42.6 Å². The number of hydrogen-bond donors (Lipinski definition) is 1. The molecule has 3 heteroatoms. The van der Waals surface area contributed by atoms with E-state index in [0.717, 1.165) is 16.0 Å². The lowest BCUT2D eigenvalue weighted by Crippen LogP contribution is -1.93. The Morgan fingerprint density at radius 1 is 1.25 bits per heavy atom. The highest BCUT2D eigenvalue weighted by Crippen LogP contribution is 2.09. The molecule has 12 heavy (non-hydrogen) atoms. The third-order valence-electron chi connectivity index (χ3n) is 1.52. The average Bonchev–Trinajstić information content (AvgIpc) is 2.04. The van der Waals surface area contributed by atoms with E-state index >= 15 is 0 Å². The monoisotopic (exact) mass is 212 g/mol. The van der Waals surface area contributed by atoms with Gasteiger partial charge >= 0.3 is 0 Å². The molecule has 1 aromatic carbocycles. The van der Waals surface area contributed by atoms with Crippen LogP contribution in [0.3, 0.4) is 0 Å². The van der Waals surface area contributed by atoms with E-state index in [2.05, 4.69) is 12.6 Å². The van der Waals surface area contributed by atoms with Crippen molar-refractivity contribution in [1.82, 2.24) is 0 Å². The van der Waals surface area contributed by atoms with E-state index in [4.69, 9.17) is 24.4 Å². The number of hydrogen-bond acceptors (Lipinski definition) is 2. The van der Waals surface area contributed by atoms with Crippen LogP contribution in [-0.2, 0) is 0 Å². The van der Waals surface area contributed by atoms with Gasteiger partial charge in [0.2, 0.25) is 0 Å². The molecule has 0 aromatic heterocycles. The summed E-state index contributed by atoms with van der Waals surface area (Å²) in [6, 6.07) is 7.79. The van der Waals surface area contributed by atoms with Crippen molar-refractivity contribution >= 4 is 46.1 Å². The molecule has 1 aromatic rings. The Kier molecular flexibility index (Phi) is 3.38. The van der Waals surface area contributed by atoms with E-state index < -0.39 is 0 Å². The highest BCUT2D eigenvalue weighted by Gasteiger charge is 1.98. The van der Waals surface area contributed by atoms with Gasteiger partial charge in [-0.05, 0) is 24.1 Å². The maximum absolute atomic E-state index is 5.04. The van der Waals surface area contributed by atoms with Crippen LogP contribution >= 0.6 is 37.1 Å². The summed E-state index contributed by atoms with van der Waals surface area (Å²) in [4.78, 5) is 0.876. The van der Waals surface area contributed by atoms with Crippen LogP contribution in [-0.4, -0.2) is 9.06 Å². The molecule has 0 spiro atoms. The summed E-state index contributed by atoms with van der Waals surface area (Å²) in [5.74, 6) is 0. The number of rotatable bonds is 2. The molecule has 0 nitrogen and oxygen atoms in total. The van der Waals surface area contributed by atoms with Crippen molar-refractivity contribution in [3.63, 3.8) is 0 Å². The molecule has 0 radical (unpaired) electrons. The van der Waals surface area contributed by atoms with Gasteiger partial charge < -0.3 is 0 Å². The first-order chi connectivity index (χ1) is 5.61. The number of thiol groups is 1. The third kappa shape index (κ3) is 2.37. The second-order valence-corrected chi connectivity index (χ2v) is 4.21. The Bertz CT molecular complexity index is 299. The van der Waals surface area contributed by atoms with Crippen molar-refractivity contribution in [3.8, 4) is 0 Å². The standard InChI is InChI=1S/C9H8S3/c1-6(10)7-3-2-4-8(5-7)9(11)12/h2-5H,1H3,(H,11,12). The highest BCUT2D eigenvalue weighted by molar-refractivity contribution is 8.11. The molecule has 0 N–H and O–H groups in total. The molecule has 1 rings (SSSR count). The molecule has 0 bridgehead atoms. The van der Waals surface area contributed by atoms with E-state index in [9.17, 15) is 0 Å². The first-order valence-corrected chi connectivity index (χ1v) is 4.72. The van der Waals surface area contributed by atoms with Crippen LogP contribution in [0.1, 0.15) is 18.1 Å². The zero-order valence-corrected chi connectivity index (χ0v) is 9.10.